The second kappa shape index (κ2) is 12.0. The Hall–Kier alpha value is -3.73. The maximum absolute atomic E-state index is 13.5. The summed E-state index contributed by atoms with van der Waals surface area (Å²) in [7, 11) is 1.58. The highest BCUT2D eigenvalue weighted by atomic mass is 35.5. The van der Waals surface area contributed by atoms with E-state index in [1.165, 1.54) is 4.90 Å². The first-order valence-corrected chi connectivity index (χ1v) is 14.0. The van der Waals surface area contributed by atoms with Gasteiger partial charge in [-0.3, -0.25) is 9.59 Å². The number of hydrogen-bond acceptors (Lipinski definition) is 8. The number of amides is 2. The number of carbonyl (C=O) groups excluding carboxylic acids is 2. The van der Waals surface area contributed by atoms with E-state index in [2.05, 4.69) is 20.6 Å². The van der Waals surface area contributed by atoms with Crippen LogP contribution in [0.1, 0.15) is 48.2 Å². The Morgan fingerprint density at radius 3 is 2.76 bits per heavy atom. The van der Waals surface area contributed by atoms with Crippen LogP contribution in [0, 0.1) is 0 Å². The summed E-state index contributed by atoms with van der Waals surface area (Å²) in [5.74, 6) is 0.325. The molecular weight excluding hydrogens is 546 g/mol. The highest BCUT2D eigenvalue weighted by molar-refractivity contribution is 6.33. The van der Waals surface area contributed by atoms with E-state index in [0.29, 0.717) is 46.8 Å². The number of hydrogen-bond donors (Lipinski definition) is 3. The van der Waals surface area contributed by atoms with Gasteiger partial charge in [0.15, 0.2) is 0 Å². The van der Waals surface area contributed by atoms with E-state index in [4.69, 9.17) is 21.1 Å². The molecular formula is C30H34ClN5O5. The number of nitrogens with one attached hydrogen (secondary N) is 2. The quantitative estimate of drug-likeness (QED) is 0.350. The van der Waals surface area contributed by atoms with Gasteiger partial charge in [0.05, 0.1) is 36.2 Å². The molecule has 41 heavy (non-hydrogen) atoms. The van der Waals surface area contributed by atoms with Gasteiger partial charge in [0.25, 0.3) is 5.91 Å². The molecule has 1 fully saturated rings. The van der Waals surface area contributed by atoms with Crippen LogP contribution in [-0.4, -0.2) is 70.8 Å². The first kappa shape index (κ1) is 28.8. The lowest BCUT2D eigenvalue weighted by Crippen LogP contribution is -2.53. The van der Waals surface area contributed by atoms with Crippen LogP contribution in [0.2, 0.25) is 5.02 Å². The second-order valence-electron chi connectivity index (χ2n) is 10.8. The van der Waals surface area contributed by atoms with Gasteiger partial charge < -0.3 is 30.1 Å². The summed E-state index contributed by atoms with van der Waals surface area (Å²) in [5.41, 5.74) is 2.40. The molecule has 2 aliphatic heterocycles. The molecule has 3 heterocycles. The molecule has 2 amide bonds. The Labute approximate surface area is 244 Å². The van der Waals surface area contributed by atoms with Crippen LogP contribution in [0.3, 0.4) is 0 Å². The minimum absolute atomic E-state index is 0.195. The Kier molecular flexibility index (Phi) is 8.44. The molecule has 10 nitrogen and oxygen atoms in total. The molecule has 0 saturated carbocycles. The van der Waals surface area contributed by atoms with Crippen molar-refractivity contribution in [3.8, 4) is 17.0 Å². The average Bonchev–Trinajstić information content (AvgIpc) is 3.30. The third-order valence-electron chi connectivity index (χ3n) is 7.59. The van der Waals surface area contributed by atoms with E-state index < -0.39 is 24.1 Å². The Morgan fingerprint density at radius 1 is 1.24 bits per heavy atom. The fraction of sp³-hybridized carbons (Fsp3) is 0.400. The summed E-state index contributed by atoms with van der Waals surface area (Å²) in [4.78, 5) is 37.3. The van der Waals surface area contributed by atoms with Gasteiger partial charge in [0.2, 0.25) is 11.9 Å². The topological polar surface area (TPSA) is 126 Å². The van der Waals surface area contributed by atoms with Crippen molar-refractivity contribution in [3.05, 3.63) is 70.4 Å². The first-order valence-electron chi connectivity index (χ1n) is 13.6. The SMILES string of the molecule is COc1cccc(C(C)(C)NC(=O)C(CO)N2Cc3ccc(-c4nc(NC5CCOCC5)ncc4Cl)cc3C2=O)c1. The van der Waals surface area contributed by atoms with Crippen molar-refractivity contribution in [2.75, 3.05) is 32.2 Å². The predicted molar refractivity (Wildman–Crippen MR) is 155 cm³/mol. The van der Waals surface area contributed by atoms with Crippen molar-refractivity contribution in [2.45, 2.75) is 50.9 Å². The third-order valence-corrected chi connectivity index (χ3v) is 7.87. The van der Waals surface area contributed by atoms with E-state index in [-0.39, 0.29) is 18.5 Å². The van der Waals surface area contributed by atoms with Crippen LogP contribution >= 0.6 is 11.6 Å². The summed E-state index contributed by atoms with van der Waals surface area (Å²) in [6.45, 7) is 4.77. The number of rotatable bonds is 9. The lowest BCUT2D eigenvalue weighted by molar-refractivity contribution is -0.128. The zero-order valence-corrected chi connectivity index (χ0v) is 24.1. The molecule has 3 aromatic rings. The van der Waals surface area contributed by atoms with Gasteiger partial charge in [0, 0.05) is 36.9 Å². The van der Waals surface area contributed by atoms with Gasteiger partial charge in [-0.2, -0.15) is 0 Å². The third kappa shape index (κ3) is 6.14. The van der Waals surface area contributed by atoms with Crippen molar-refractivity contribution < 1.29 is 24.2 Å². The molecule has 1 unspecified atom stereocenters. The largest absolute Gasteiger partial charge is 0.497 e. The van der Waals surface area contributed by atoms with E-state index in [9.17, 15) is 14.7 Å². The minimum atomic E-state index is -1.07. The van der Waals surface area contributed by atoms with Crippen LogP contribution in [0.5, 0.6) is 5.75 Å². The predicted octanol–water partition coefficient (Wildman–Crippen LogP) is 3.76. The molecule has 3 N–H and O–H groups in total. The van der Waals surface area contributed by atoms with Crippen LogP contribution in [0.15, 0.2) is 48.7 Å². The van der Waals surface area contributed by atoms with Gasteiger partial charge in [-0.05, 0) is 56.0 Å². The number of fused-ring (bicyclic) bond motifs is 1. The minimum Gasteiger partial charge on any atom is -0.497 e. The molecule has 0 bridgehead atoms. The van der Waals surface area contributed by atoms with Crippen LogP contribution in [0.25, 0.3) is 11.3 Å². The molecule has 2 aromatic carbocycles. The Balaban J connectivity index is 1.34. The zero-order chi connectivity index (χ0) is 29.1. The molecule has 0 spiro atoms. The number of aliphatic hydroxyl groups excluding tert-OH is 1. The number of ether oxygens (including phenoxy) is 2. The summed E-state index contributed by atoms with van der Waals surface area (Å²) in [5, 5.41) is 16.9. The van der Waals surface area contributed by atoms with E-state index in [0.717, 1.165) is 24.0 Å². The molecule has 0 radical (unpaired) electrons. The molecule has 1 saturated heterocycles. The number of benzene rings is 2. The van der Waals surface area contributed by atoms with Crippen LogP contribution < -0.4 is 15.4 Å². The van der Waals surface area contributed by atoms with Crippen molar-refractivity contribution in [1.82, 2.24) is 20.2 Å². The number of methoxy groups -OCH3 is 1. The fourth-order valence-electron chi connectivity index (χ4n) is 5.18. The number of aliphatic hydroxyl groups is 1. The van der Waals surface area contributed by atoms with Crippen molar-refractivity contribution in [2.24, 2.45) is 0 Å². The highest BCUT2D eigenvalue weighted by Gasteiger charge is 2.38. The van der Waals surface area contributed by atoms with Gasteiger partial charge in [-0.25, -0.2) is 9.97 Å². The zero-order valence-electron chi connectivity index (χ0n) is 23.3. The summed E-state index contributed by atoms with van der Waals surface area (Å²) >= 11 is 6.47. The Bertz CT molecular complexity index is 1440. The van der Waals surface area contributed by atoms with E-state index >= 15 is 0 Å². The fourth-order valence-corrected chi connectivity index (χ4v) is 5.38. The van der Waals surface area contributed by atoms with Gasteiger partial charge in [-0.15, -0.1) is 0 Å². The highest BCUT2D eigenvalue weighted by Crippen LogP contribution is 2.33. The number of nitrogens with zero attached hydrogens (tertiary/aromatic N) is 3. The lowest BCUT2D eigenvalue weighted by Gasteiger charge is -2.32. The molecule has 2 aliphatic rings. The number of anilines is 1. The summed E-state index contributed by atoms with van der Waals surface area (Å²) in [6, 6.07) is 12.0. The monoisotopic (exact) mass is 579 g/mol. The molecule has 11 heteroatoms. The van der Waals surface area contributed by atoms with Gasteiger partial charge in [0.1, 0.15) is 11.8 Å². The number of carbonyl (C=O) groups is 2. The van der Waals surface area contributed by atoms with Crippen molar-refractivity contribution in [1.29, 1.82) is 0 Å². The van der Waals surface area contributed by atoms with Crippen LogP contribution in [0.4, 0.5) is 5.95 Å². The molecule has 0 aliphatic carbocycles. The first-order chi connectivity index (χ1) is 19.7. The lowest BCUT2D eigenvalue weighted by atomic mass is 9.93. The summed E-state index contributed by atoms with van der Waals surface area (Å²) < 4.78 is 10.7. The molecule has 216 valence electrons. The Morgan fingerprint density at radius 2 is 2.02 bits per heavy atom. The number of aromatic nitrogens is 2. The van der Waals surface area contributed by atoms with Gasteiger partial charge >= 0.3 is 0 Å². The van der Waals surface area contributed by atoms with Crippen molar-refractivity contribution in [3.63, 3.8) is 0 Å². The van der Waals surface area contributed by atoms with Gasteiger partial charge in [-0.1, -0.05) is 35.9 Å². The summed E-state index contributed by atoms with van der Waals surface area (Å²) in [6.07, 6.45) is 3.27. The van der Waals surface area contributed by atoms with Crippen molar-refractivity contribution >= 4 is 29.4 Å². The molecule has 1 atom stereocenters. The number of halogens is 1. The standard InChI is InChI=1S/C30H34ClN5O5/c1-30(2,20-5-4-6-22(14-20)40-3)35-27(38)25(17-37)36-16-19-8-7-18(13-23(19)28(36)39)26-24(31)15-32-29(34-26)33-21-9-11-41-12-10-21/h4-8,13-15,21,25,37H,9-12,16-17H2,1-3H3,(H,35,38)(H,32,33,34). The second-order valence-corrected chi connectivity index (χ2v) is 11.2. The maximum Gasteiger partial charge on any atom is 0.255 e. The van der Waals surface area contributed by atoms with Crippen LogP contribution in [-0.2, 0) is 21.6 Å². The molecule has 1 aromatic heterocycles. The van der Waals surface area contributed by atoms with E-state index in [1.54, 1.807) is 19.4 Å². The maximum atomic E-state index is 13.5. The normalized spacial score (nSPS) is 16.3. The smallest absolute Gasteiger partial charge is 0.255 e. The van der Waals surface area contributed by atoms with E-state index in [1.807, 2.05) is 50.2 Å². The average molecular weight is 580 g/mol. The molecule has 5 rings (SSSR count).